The van der Waals surface area contributed by atoms with Crippen LogP contribution in [0.2, 0.25) is 0 Å². The van der Waals surface area contributed by atoms with Gasteiger partial charge < -0.3 is 10.6 Å². The molecule has 2 N–H and O–H groups in total. The summed E-state index contributed by atoms with van der Waals surface area (Å²) in [5.74, 6) is 0.486. The molecule has 2 aromatic rings. The molecule has 0 radical (unpaired) electrons. The van der Waals surface area contributed by atoms with Gasteiger partial charge >= 0.3 is 5.69 Å². The zero-order valence-corrected chi connectivity index (χ0v) is 13.4. The quantitative estimate of drug-likeness (QED) is 0.646. The lowest BCUT2D eigenvalue weighted by Gasteiger charge is -2.10. The van der Waals surface area contributed by atoms with Crippen LogP contribution < -0.4 is 10.6 Å². The summed E-state index contributed by atoms with van der Waals surface area (Å²) in [6.07, 6.45) is 0. The van der Waals surface area contributed by atoms with E-state index in [1.165, 1.54) is 0 Å². The number of halogens is 1. The number of aromatic nitrogens is 2. The van der Waals surface area contributed by atoms with Gasteiger partial charge in [0.15, 0.2) is 0 Å². The second-order valence-corrected chi connectivity index (χ2v) is 5.28. The van der Waals surface area contributed by atoms with Gasteiger partial charge in [-0.3, -0.25) is 10.1 Å². The summed E-state index contributed by atoms with van der Waals surface area (Å²) >= 11 is 3.43. The van der Waals surface area contributed by atoms with Crippen LogP contribution >= 0.6 is 15.9 Å². The molecule has 0 amide bonds. The molecule has 1 aromatic carbocycles. The summed E-state index contributed by atoms with van der Waals surface area (Å²) in [6.45, 7) is 3.54. The minimum absolute atomic E-state index is 0.134. The molecule has 2 rings (SSSR count). The third-order valence-electron chi connectivity index (χ3n) is 2.90. The van der Waals surface area contributed by atoms with Gasteiger partial charge in [0.05, 0.1) is 4.92 Å². The van der Waals surface area contributed by atoms with Crippen LogP contribution in [0, 0.1) is 24.0 Å². The Morgan fingerprint density at radius 2 is 2.00 bits per heavy atom. The zero-order chi connectivity index (χ0) is 15.6. The van der Waals surface area contributed by atoms with Crippen LogP contribution in [0.25, 0.3) is 0 Å². The van der Waals surface area contributed by atoms with Crippen molar-refractivity contribution in [2.24, 2.45) is 0 Å². The Balaban J connectivity index is 2.48. The Labute approximate surface area is 130 Å². The number of nitrogens with zero attached hydrogens (tertiary/aromatic N) is 3. The van der Waals surface area contributed by atoms with Crippen LogP contribution in [0.3, 0.4) is 0 Å². The van der Waals surface area contributed by atoms with Crippen molar-refractivity contribution in [2.75, 3.05) is 17.7 Å². The summed E-state index contributed by atoms with van der Waals surface area (Å²) in [5.41, 5.74) is 1.94. The number of anilines is 3. The van der Waals surface area contributed by atoms with Gasteiger partial charge in [-0.15, -0.1) is 0 Å². The van der Waals surface area contributed by atoms with Gasteiger partial charge in [0.25, 0.3) is 0 Å². The highest BCUT2D eigenvalue weighted by Gasteiger charge is 2.22. The highest BCUT2D eigenvalue weighted by Crippen LogP contribution is 2.30. The van der Waals surface area contributed by atoms with Gasteiger partial charge in [0.1, 0.15) is 5.69 Å². The van der Waals surface area contributed by atoms with E-state index in [2.05, 4.69) is 36.5 Å². The molecular weight excluding hydrogens is 338 g/mol. The molecule has 1 aromatic heterocycles. The van der Waals surface area contributed by atoms with Crippen molar-refractivity contribution < 1.29 is 4.92 Å². The molecule has 0 unspecified atom stereocenters. The van der Waals surface area contributed by atoms with E-state index in [0.717, 1.165) is 10.0 Å². The number of hydrogen-bond acceptors (Lipinski definition) is 6. The van der Waals surface area contributed by atoms with Crippen molar-refractivity contribution in [1.29, 1.82) is 0 Å². The van der Waals surface area contributed by atoms with Crippen molar-refractivity contribution >= 4 is 39.1 Å². The fraction of sp³-hybridized carbons (Fsp3) is 0.231. The first-order valence-corrected chi connectivity index (χ1v) is 6.95. The van der Waals surface area contributed by atoms with Crippen LogP contribution in [-0.2, 0) is 0 Å². The molecule has 0 bridgehead atoms. The maximum absolute atomic E-state index is 11.2. The SMILES string of the molecule is CNc1nc(C)c([N+](=O)[O-])c(Nc2ccc(C)c(Br)c2)n1. The van der Waals surface area contributed by atoms with Gasteiger partial charge in [0, 0.05) is 17.2 Å². The highest BCUT2D eigenvalue weighted by molar-refractivity contribution is 9.10. The predicted octanol–water partition coefficient (Wildman–Crippen LogP) is 3.55. The van der Waals surface area contributed by atoms with E-state index in [4.69, 9.17) is 0 Å². The molecule has 0 aliphatic carbocycles. The molecule has 1 heterocycles. The van der Waals surface area contributed by atoms with Gasteiger partial charge in [-0.2, -0.15) is 4.98 Å². The molecule has 0 atom stereocenters. The fourth-order valence-corrected chi connectivity index (χ4v) is 2.17. The average molecular weight is 352 g/mol. The first-order valence-electron chi connectivity index (χ1n) is 6.16. The summed E-state index contributed by atoms with van der Waals surface area (Å²) < 4.78 is 0.912. The van der Waals surface area contributed by atoms with Crippen molar-refractivity contribution in [3.8, 4) is 0 Å². The smallest absolute Gasteiger partial charge is 0.332 e. The van der Waals surface area contributed by atoms with E-state index in [1.54, 1.807) is 14.0 Å². The lowest BCUT2D eigenvalue weighted by atomic mass is 10.2. The van der Waals surface area contributed by atoms with E-state index in [0.29, 0.717) is 17.3 Å². The topological polar surface area (TPSA) is 93.0 Å². The molecule has 0 aliphatic rings. The number of nitrogens with one attached hydrogen (secondary N) is 2. The average Bonchev–Trinajstić information content (AvgIpc) is 2.41. The predicted molar refractivity (Wildman–Crippen MR) is 85.1 cm³/mol. The van der Waals surface area contributed by atoms with Crippen molar-refractivity contribution in [1.82, 2.24) is 9.97 Å². The number of rotatable bonds is 4. The monoisotopic (exact) mass is 351 g/mol. The Bertz CT molecular complexity index is 705. The highest BCUT2D eigenvalue weighted by atomic mass is 79.9. The standard InChI is InChI=1S/C13H14BrN5O2/c1-7-4-5-9(6-10(7)14)17-12-11(19(20)21)8(2)16-13(15-3)18-12/h4-6H,1-3H3,(H2,15,16,17,18). The lowest BCUT2D eigenvalue weighted by molar-refractivity contribution is -0.385. The van der Waals surface area contributed by atoms with Crippen LogP contribution in [0.15, 0.2) is 22.7 Å². The van der Waals surface area contributed by atoms with Crippen LogP contribution in [0.1, 0.15) is 11.3 Å². The Morgan fingerprint density at radius 3 is 2.57 bits per heavy atom. The van der Waals surface area contributed by atoms with E-state index in [1.807, 2.05) is 25.1 Å². The molecule has 21 heavy (non-hydrogen) atoms. The second-order valence-electron chi connectivity index (χ2n) is 4.43. The van der Waals surface area contributed by atoms with Gasteiger partial charge in [-0.1, -0.05) is 22.0 Å². The Kier molecular flexibility index (Phi) is 4.37. The van der Waals surface area contributed by atoms with Crippen LogP contribution in [-0.4, -0.2) is 21.9 Å². The van der Waals surface area contributed by atoms with Crippen molar-refractivity contribution in [3.63, 3.8) is 0 Å². The molecule has 0 fully saturated rings. The van der Waals surface area contributed by atoms with E-state index < -0.39 is 4.92 Å². The largest absolute Gasteiger partial charge is 0.357 e. The third kappa shape index (κ3) is 3.27. The molecule has 0 spiro atoms. The number of hydrogen-bond donors (Lipinski definition) is 2. The number of aryl methyl sites for hydroxylation is 2. The zero-order valence-electron chi connectivity index (χ0n) is 11.8. The minimum Gasteiger partial charge on any atom is -0.357 e. The summed E-state index contributed by atoms with van der Waals surface area (Å²) in [5, 5.41) is 17.0. The Morgan fingerprint density at radius 1 is 1.29 bits per heavy atom. The molecule has 0 saturated heterocycles. The molecule has 0 saturated carbocycles. The maximum Gasteiger partial charge on any atom is 0.332 e. The Hall–Kier alpha value is -2.22. The van der Waals surface area contributed by atoms with Crippen LogP contribution in [0.5, 0.6) is 0 Å². The van der Waals surface area contributed by atoms with Crippen molar-refractivity contribution in [3.05, 3.63) is 44.0 Å². The minimum atomic E-state index is -0.486. The maximum atomic E-state index is 11.2. The molecular formula is C13H14BrN5O2. The number of nitro groups is 1. The van der Waals surface area contributed by atoms with Crippen LogP contribution in [0.4, 0.5) is 23.1 Å². The number of benzene rings is 1. The van der Waals surface area contributed by atoms with Crippen molar-refractivity contribution in [2.45, 2.75) is 13.8 Å². The summed E-state index contributed by atoms with van der Waals surface area (Å²) in [7, 11) is 1.66. The summed E-state index contributed by atoms with van der Waals surface area (Å²) in [6, 6.07) is 5.58. The molecule has 0 aliphatic heterocycles. The first kappa shape index (κ1) is 15.2. The normalized spacial score (nSPS) is 10.3. The molecule has 7 nitrogen and oxygen atoms in total. The lowest BCUT2D eigenvalue weighted by Crippen LogP contribution is -2.07. The first-order chi connectivity index (χ1) is 9.92. The molecule has 110 valence electrons. The summed E-state index contributed by atoms with van der Waals surface area (Å²) in [4.78, 5) is 18.9. The fourth-order valence-electron chi connectivity index (χ4n) is 1.79. The van der Waals surface area contributed by atoms with Gasteiger partial charge in [-0.25, -0.2) is 4.98 Å². The second kappa shape index (κ2) is 6.04. The van der Waals surface area contributed by atoms with E-state index >= 15 is 0 Å². The molecule has 8 heteroatoms. The van der Waals surface area contributed by atoms with Gasteiger partial charge in [-0.05, 0) is 31.5 Å². The van der Waals surface area contributed by atoms with E-state index in [9.17, 15) is 10.1 Å². The van der Waals surface area contributed by atoms with Gasteiger partial charge in [0.2, 0.25) is 11.8 Å². The third-order valence-corrected chi connectivity index (χ3v) is 3.75. The van der Waals surface area contributed by atoms with E-state index in [-0.39, 0.29) is 11.5 Å².